The molecule has 0 bridgehead atoms. The Morgan fingerprint density at radius 3 is 2.37 bits per heavy atom. The molecule has 19 heavy (non-hydrogen) atoms. The topological polar surface area (TPSA) is 48.1 Å². The zero-order valence-electron chi connectivity index (χ0n) is 13.3. The maximum Gasteiger partial charge on any atom is 0.305 e. The molecule has 4 nitrogen and oxygen atoms in total. The normalized spacial score (nSPS) is 30.5. The zero-order valence-corrected chi connectivity index (χ0v) is 13.3. The molecule has 0 aromatic carbocycles. The van der Waals surface area contributed by atoms with Gasteiger partial charge in [0.1, 0.15) is 0 Å². The monoisotopic (exact) mass is 264 g/mol. The summed E-state index contributed by atoms with van der Waals surface area (Å²) >= 11 is 0. The van der Waals surface area contributed by atoms with Gasteiger partial charge in [-0.05, 0) is 57.6 Å². The lowest BCUT2D eigenvalue weighted by Gasteiger charge is -2.42. The summed E-state index contributed by atoms with van der Waals surface area (Å²) in [7, 11) is 0. The summed E-state index contributed by atoms with van der Waals surface area (Å²) < 4.78 is 0. The first-order valence-corrected chi connectivity index (χ1v) is 7.79. The van der Waals surface area contributed by atoms with Crippen LogP contribution in [-0.2, 0) is 0 Å². The first kappa shape index (κ1) is 15.4. The molecule has 0 aliphatic carbocycles. The van der Waals surface area contributed by atoms with Gasteiger partial charge < -0.3 is 20.9 Å². The third-order valence-corrected chi connectivity index (χ3v) is 4.57. The summed E-state index contributed by atoms with van der Waals surface area (Å²) in [6, 6.07) is 0.608. The molecule has 2 aliphatic heterocycles. The van der Waals surface area contributed by atoms with E-state index in [0.717, 1.165) is 13.1 Å². The molecule has 0 amide bonds. The van der Waals surface area contributed by atoms with Crippen molar-refractivity contribution in [1.82, 2.24) is 20.9 Å². The predicted molar refractivity (Wildman–Crippen MR) is 85.3 cm³/mol. The second-order valence-corrected chi connectivity index (χ2v) is 7.69. The Morgan fingerprint density at radius 1 is 1.16 bits per heavy atom. The summed E-state index contributed by atoms with van der Waals surface area (Å²) in [6.45, 7) is 14.6. The van der Waals surface area contributed by atoms with Gasteiger partial charge in [-0.25, -0.2) is 0 Å². The molecule has 108 valence electrons. The molecule has 0 aromatic heterocycles. The van der Waals surface area contributed by atoms with Crippen molar-refractivity contribution in [1.29, 1.82) is 0 Å². The van der Waals surface area contributed by atoms with Gasteiger partial charge in [0.25, 0.3) is 0 Å². The highest BCUT2D eigenvalue weighted by atomic mass is 15.1. The highest BCUT2D eigenvalue weighted by molar-refractivity contribution is 6.54. The Bertz CT molecular complexity index is 303. The standard InChI is InChI=1S/C13H30B2N4/c1-11-8-12(2,3)19-15(18-11)7-6-13(4)9-16-14(5)17-10-13/h11,16-19H,6-10H2,1-5H3. The largest absolute Gasteiger partial charge is 0.342 e. The minimum absolute atomic E-state index is 0.258. The van der Waals surface area contributed by atoms with E-state index in [1.165, 1.54) is 19.2 Å². The lowest BCUT2D eigenvalue weighted by Crippen LogP contribution is -2.65. The third kappa shape index (κ3) is 4.48. The molecule has 2 rings (SSSR count). The van der Waals surface area contributed by atoms with E-state index in [1.54, 1.807) is 0 Å². The molecule has 0 aromatic rings. The first-order valence-electron chi connectivity index (χ1n) is 7.79. The molecule has 0 radical (unpaired) electrons. The fourth-order valence-corrected chi connectivity index (χ4v) is 3.50. The SMILES string of the molecule is CB1NCC(C)(CCB2NC(C)CC(C)(C)N2)CN1. The molecular weight excluding hydrogens is 234 g/mol. The molecule has 4 N–H and O–H groups in total. The van der Waals surface area contributed by atoms with E-state index in [9.17, 15) is 0 Å². The van der Waals surface area contributed by atoms with Crippen LogP contribution in [0, 0.1) is 5.41 Å². The molecule has 2 saturated heterocycles. The van der Waals surface area contributed by atoms with Crippen LogP contribution in [0.2, 0.25) is 13.1 Å². The first-order chi connectivity index (χ1) is 8.78. The van der Waals surface area contributed by atoms with Gasteiger partial charge >= 0.3 is 14.0 Å². The smallest absolute Gasteiger partial charge is 0.305 e. The Kier molecular flexibility index (Phi) is 4.66. The van der Waals surface area contributed by atoms with E-state index in [2.05, 4.69) is 55.4 Å². The fourth-order valence-electron chi connectivity index (χ4n) is 3.50. The van der Waals surface area contributed by atoms with Crippen LogP contribution in [0.4, 0.5) is 0 Å². The lowest BCUT2D eigenvalue weighted by molar-refractivity contribution is 0.288. The maximum absolute atomic E-state index is 3.74. The van der Waals surface area contributed by atoms with E-state index in [4.69, 9.17) is 0 Å². The van der Waals surface area contributed by atoms with Crippen molar-refractivity contribution in [3.05, 3.63) is 0 Å². The summed E-state index contributed by atoms with van der Waals surface area (Å²) in [5.74, 6) is 0. The van der Waals surface area contributed by atoms with Crippen LogP contribution in [0.1, 0.15) is 40.5 Å². The van der Waals surface area contributed by atoms with E-state index in [-0.39, 0.29) is 5.54 Å². The fraction of sp³-hybridized carbons (Fsp3) is 1.00. The van der Waals surface area contributed by atoms with Crippen LogP contribution in [0.5, 0.6) is 0 Å². The van der Waals surface area contributed by atoms with Gasteiger partial charge in [0.05, 0.1) is 0 Å². The zero-order chi connectivity index (χ0) is 14.1. The van der Waals surface area contributed by atoms with Gasteiger partial charge in [0.15, 0.2) is 0 Å². The second-order valence-electron chi connectivity index (χ2n) is 7.69. The van der Waals surface area contributed by atoms with E-state index < -0.39 is 0 Å². The number of rotatable bonds is 3. The van der Waals surface area contributed by atoms with E-state index in [0.29, 0.717) is 25.4 Å². The molecule has 0 saturated carbocycles. The average Bonchev–Trinajstić information content (AvgIpc) is 2.29. The number of hydrogen-bond donors (Lipinski definition) is 4. The Hall–Kier alpha value is -0.0301. The van der Waals surface area contributed by atoms with Gasteiger partial charge in [-0.1, -0.05) is 20.7 Å². The van der Waals surface area contributed by atoms with Gasteiger partial charge in [-0.2, -0.15) is 0 Å². The van der Waals surface area contributed by atoms with Crippen molar-refractivity contribution < 1.29 is 0 Å². The molecule has 2 fully saturated rings. The third-order valence-electron chi connectivity index (χ3n) is 4.57. The molecule has 2 aliphatic rings. The molecule has 6 heteroatoms. The predicted octanol–water partition coefficient (Wildman–Crippen LogP) is 0.932. The summed E-state index contributed by atoms with van der Waals surface area (Å²) in [5.41, 5.74) is 0.633. The average molecular weight is 264 g/mol. The van der Waals surface area contributed by atoms with Crippen LogP contribution in [-0.4, -0.2) is 38.6 Å². The van der Waals surface area contributed by atoms with Crippen molar-refractivity contribution in [3.8, 4) is 0 Å². The van der Waals surface area contributed by atoms with E-state index in [1.807, 2.05) is 0 Å². The van der Waals surface area contributed by atoms with Crippen molar-refractivity contribution in [3.63, 3.8) is 0 Å². The molecule has 2 heterocycles. The number of nitrogens with one attached hydrogen (secondary N) is 4. The second kappa shape index (κ2) is 5.76. The van der Waals surface area contributed by atoms with Crippen molar-refractivity contribution in [2.75, 3.05) is 13.1 Å². The summed E-state index contributed by atoms with van der Waals surface area (Å²) in [6.07, 6.45) is 3.64. The van der Waals surface area contributed by atoms with Crippen molar-refractivity contribution >= 4 is 14.0 Å². The Balaban J connectivity index is 1.81. The highest BCUT2D eigenvalue weighted by Gasteiger charge is 2.36. The summed E-state index contributed by atoms with van der Waals surface area (Å²) in [4.78, 5) is 0. The van der Waals surface area contributed by atoms with Crippen LogP contribution >= 0.6 is 0 Å². The molecular formula is C13H30B2N4. The number of hydrogen-bond acceptors (Lipinski definition) is 4. The quantitative estimate of drug-likeness (QED) is 0.573. The highest BCUT2D eigenvalue weighted by Crippen LogP contribution is 2.26. The Morgan fingerprint density at radius 2 is 1.79 bits per heavy atom. The van der Waals surface area contributed by atoms with Crippen LogP contribution in [0.15, 0.2) is 0 Å². The van der Waals surface area contributed by atoms with Crippen molar-refractivity contribution in [2.24, 2.45) is 5.41 Å². The minimum atomic E-state index is 0.258. The van der Waals surface area contributed by atoms with Crippen LogP contribution < -0.4 is 20.9 Å². The molecule has 1 unspecified atom stereocenters. The minimum Gasteiger partial charge on any atom is -0.342 e. The van der Waals surface area contributed by atoms with Gasteiger partial charge in [0.2, 0.25) is 0 Å². The lowest BCUT2D eigenvalue weighted by atomic mass is 9.61. The van der Waals surface area contributed by atoms with Gasteiger partial charge in [-0.15, -0.1) is 0 Å². The molecule has 0 spiro atoms. The van der Waals surface area contributed by atoms with Crippen LogP contribution in [0.25, 0.3) is 0 Å². The van der Waals surface area contributed by atoms with Crippen LogP contribution in [0.3, 0.4) is 0 Å². The van der Waals surface area contributed by atoms with E-state index >= 15 is 0 Å². The summed E-state index contributed by atoms with van der Waals surface area (Å²) in [5, 5.41) is 14.5. The molecule has 1 atom stereocenters. The van der Waals surface area contributed by atoms with Crippen molar-refractivity contribution in [2.45, 2.75) is 65.3 Å². The Labute approximate surface area is 119 Å². The van der Waals surface area contributed by atoms with Gasteiger partial charge in [-0.3, -0.25) is 0 Å². The van der Waals surface area contributed by atoms with Gasteiger partial charge in [0, 0.05) is 5.54 Å². The maximum atomic E-state index is 3.74.